The number of nitrogens with one attached hydrogen (secondary N) is 1. The number of aromatic nitrogens is 5. The maximum absolute atomic E-state index is 13.1. The highest BCUT2D eigenvalue weighted by molar-refractivity contribution is 7.71. The molecule has 0 unspecified atom stereocenters. The van der Waals surface area contributed by atoms with Gasteiger partial charge in [-0.15, -0.1) is 0 Å². The van der Waals surface area contributed by atoms with Crippen molar-refractivity contribution in [3.8, 4) is 11.4 Å². The summed E-state index contributed by atoms with van der Waals surface area (Å²) in [6.45, 7) is 4.76. The van der Waals surface area contributed by atoms with Crippen molar-refractivity contribution in [3.63, 3.8) is 0 Å². The normalized spacial score (nSPS) is 11.5. The van der Waals surface area contributed by atoms with E-state index >= 15 is 0 Å². The van der Waals surface area contributed by atoms with Gasteiger partial charge in [0, 0.05) is 12.1 Å². The van der Waals surface area contributed by atoms with Gasteiger partial charge in [-0.3, -0.25) is 4.68 Å². The number of rotatable bonds is 6. The molecule has 0 aliphatic rings. The zero-order valence-electron chi connectivity index (χ0n) is 14.4. The molecule has 1 aromatic carbocycles. The van der Waals surface area contributed by atoms with Crippen LogP contribution in [0.2, 0.25) is 5.15 Å². The van der Waals surface area contributed by atoms with Gasteiger partial charge in [0.25, 0.3) is 0 Å². The molecule has 1 N–H and O–H groups in total. The van der Waals surface area contributed by atoms with Crippen LogP contribution in [0.15, 0.2) is 29.4 Å². The molecule has 0 amide bonds. The first-order valence-electron chi connectivity index (χ1n) is 8.22. The molecule has 26 heavy (non-hydrogen) atoms. The molecular weight excluding hydrogens is 375 g/mol. The number of aromatic amines is 1. The molecule has 0 atom stereocenters. The third-order valence-electron chi connectivity index (χ3n) is 3.89. The van der Waals surface area contributed by atoms with E-state index in [-0.39, 0.29) is 5.82 Å². The van der Waals surface area contributed by atoms with Crippen molar-refractivity contribution in [2.75, 3.05) is 0 Å². The number of aryl methyl sites for hydroxylation is 2. The molecule has 0 spiro atoms. The molecule has 136 valence electrons. The van der Waals surface area contributed by atoms with E-state index in [4.69, 9.17) is 23.8 Å². The van der Waals surface area contributed by atoms with Gasteiger partial charge in [0.15, 0.2) is 5.82 Å². The first-order valence-corrected chi connectivity index (χ1v) is 9.00. The van der Waals surface area contributed by atoms with Crippen LogP contribution < -0.4 is 0 Å². The number of nitrogens with zero attached hydrogens (tertiary/aromatic N) is 5. The second-order valence-electron chi connectivity index (χ2n) is 5.78. The van der Waals surface area contributed by atoms with Gasteiger partial charge < -0.3 is 0 Å². The van der Waals surface area contributed by atoms with Crippen LogP contribution in [-0.4, -0.2) is 30.9 Å². The Kier molecular flexibility index (Phi) is 5.63. The maximum atomic E-state index is 13.1. The van der Waals surface area contributed by atoms with Gasteiger partial charge in [0.1, 0.15) is 11.0 Å². The van der Waals surface area contributed by atoms with Crippen LogP contribution in [-0.2, 0) is 6.54 Å². The first kappa shape index (κ1) is 18.5. The lowest BCUT2D eigenvalue weighted by Gasteiger charge is -2.02. The van der Waals surface area contributed by atoms with Crippen molar-refractivity contribution in [2.24, 2.45) is 5.10 Å². The Labute approximate surface area is 160 Å². The molecule has 2 aromatic heterocycles. The first-order chi connectivity index (χ1) is 12.5. The summed E-state index contributed by atoms with van der Waals surface area (Å²) in [5.41, 5.74) is 2.21. The smallest absolute Gasteiger partial charge is 0.216 e. The van der Waals surface area contributed by atoms with Crippen molar-refractivity contribution in [1.82, 2.24) is 24.7 Å². The average molecular weight is 393 g/mol. The van der Waals surface area contributed by atoms with Crippen molar-refractivity contribution in [2.45, 2.75) is 33.2 Å². The summed E-state index contributed by atoms with van der Waals surface area (Å²) in [6, 6.07) is 5.96. The quantitative estimate of drug-likeness (QED) is 0.493. The van der Waals surface area contributed by atoms with E-state index in [9.17, 15) is 4.39 Å². The Morgan fingerprint density at radius 1 is 1.35 bits per heavy atom. The maximum Gasteiger partial charge on any atom is 0.216 e. The van der Waals surface area contributed by atoms with Crippen LogP contribution in [0.25, 0.3) is 11.4 Å². The summed E-state index contributed by atoms with van der Waals surface area (Å²) < 4.78 is 16.7. The van der Waals surface area contributed by atoms with Crippen LogP contribution in [0, 0.1) is 17.5 Å². The molecule has 0 saturated heterocycles. The van der Waals surface area contributed by atoms with E-state index < -0.39 is 0 Å². The van der Waals surface area contributed by atoms with E-state index in [1.54, 1.807) is 23.0 Å². The fourth-order valence-electron chi connectivity index (χ4n) is 2.47. The van der Waals surface area contributed by atoms with E-state index in [0.29, 0.717) is 21.3 Å². The molecule has 0 aliphatic carbocycles. The molecule has 9 heteroatoms. The van der Waals surface area contributed by atoms with E-state index in [1.807, 2.05) is 6.92 Å². The minimum absolute atomic E-state index is 0.320. The molecule has 3 aromatic rings. The number of unbranched alkanes of at least 4 members (excludes halogenated alkanes) is 1. The number of H-pyrrole nitrogens is 1. The number of hydrogen-bond acceptors (Lipinski definition) is 4. The van der Waals surface area contributed by atoms with E-state index in [1.165, 1.54) is 16.8 Å². The van der Waals surface area contributed by atoms with Gasteiger partial charge in [-0.2, -0.15) is 20.0 Å². The summed E-state index contributed by atoms with van der Waals surface area (Å²) >= 11 is 11.7. The molecule has 0 saturated carbocycles. The number of benzene rings is 1. The highest BCUT2D eigenvalue weighted by Gasteiger charge is 2.13. The molecule has 6 nitrogen and oxygen atoms in total. The Balaban J connectivity index is 1.95. The summed E-state index contributed by atoms with van der Waals surface area (Å²) in [4.78, 5) is 0. The predicted molar refractivity (Wildman–Crippen MR) is 103 cm³/mol. The molecule has 2 heterocycles. The van der Waals surface area contributed by atoms with Gasteiger partial charge in [-0.25, -0.2) is 9.49 Å². The Hall–Kier alpha value is -2.32. The second kappa shape index (κ2) is 7.92. The standard InChI is InChI=1S/C17H18ClFN6S/c1-3-4-9-24-15(18)14(11(2)23-24)10-20-25-16(21-22-17(25)26)12-5-7-13(19)8-6-12/h5-8,10H,3-4,9H2,1-2H3,(H,22,26)/b20-10-. The zero-order chi connectivity index (χ0) is 18.7. The van der Waals surface area contributed by atoms with Gasteiger partial charge >= 0.3 is 0 Å². The van der Waals surface area contributed by atoms with Gasteiger partial charge in [0.05, 0.1) is 17.5 Å². The monoisotopic (exact) mass is 392 g/mol. The molecule has 3 rings (SSSR count). The van der Waals surface area contributed by atoms with Crippen LogP contribution in [0.1, 0.15) is 31.0 Å². The lowest BCUT2D eigenvalue weighted by Crippen LogP contribution is -2.00. The molecular formula is C17H18ClFN6S. The second-order valence-corrected chi connectivity index (χ2v) is 6.53. The predicted octanol–water partition coefficient (Wildman–Crippen LogP) is 4.59. The largest absolute Gasteiger partial charge is 0.253 e. The summed E-state index contributed by atoms with van der Waals surface area (Å²) in [5, 5.41) is 16.3. The highest BCUT2D eigenvalue weighted by Crippen LogP contribution is 2.20. The van der Waals surface area contributed by atoms with Gasteiger partial charge in [0.2, 0.25) is 4.77 Å². The lowest BCUT2D eigenvalue weighted by atomic mass is 10.2. The Morgan fingerprint density at radius 2 is 2.08 bits per heavy atom. The SMILES string of the molecule is CCCCn1nc(C)c(/C=N\n2c(-c3ccc(F)cc3)n[nH]c2=S)c1Cl. The van der Waals surface area contributed by atoms with Crippen molar-refractivity contribution in [1.29, 1.82) is 0 Å². The van der Waals surface area contributed by atoms with Crippen molar-refractivity contribution in [3.05, 3.63) is 51.3 Å². The topological polar surface area (TPSA) is 63.8 Å². The van der Waals surface area contributed by atoms with Crippen LogP contribution in [0.5, 0.6) is 0 Å². The summed E-state index contributed by atoms with van der Waals surface area (Å²) in [5.74, 6) is 0.165. The minimum atomic E-state index is -0.320. The zero-order valence-corrected chi connectivity index (χ0v) is 16.0. The average Bonchev–Trinajstić information content (AvgIpc) is 3.12. The molecule has 0 bridgehead atoms. The highest BCUT2D eigenvalue weighted by atomic mass is 35.5. The van der Waals surface area contributed by atoms with Gasteiger partial charge in [-0.05, 0) is 49.8 Å². The Morgan fingerprint density at radius 3 is 2.77 bits per heavy atom. The van der Waals surface area contributed by atoms with Crippen molar-refractivity contribution >= 4 is 30.0 Å². The molecule has 0 radical (unpaired) electrons. The summed E-state index contributed by atoms with van der Waals surface area (Å²) in [6.07, 6.45) is 3.67. The third kappa shape index (κ3) is 3.76. The Bertz CT molecular complexity index is 986. The van der Waals surface area contributed by atoms with Crippen LogP contribution >= 0.6 is 23.8 Å². The van der Waals surface area contributed by atoms with E-state index in [0.717, 1.165) is 30.6 Å². The third-order valence-corrected chi connectivity index (χ3v) is 4.55. The number of hydrogen-bond donors (Lipinski definition) is 1. The van der Waals surface area contributed by atoms with Crippen LogP contribution in [0.3, 0.4) is 0 Å². The van der Waals surface area contributed by atoms with Gasteiger partial charge in [-0.1, -0.05) is 24.9 Å². The lowest BCUT2D eigenvalue weighted by molar-refractivity contribution is 0.569. The molecule has 0 aliphatic heterocycles. The van der Waals surface area contributed by atoms with Crippen molar-refractivity contribution < 1.29 is 4.39 Å². The number of halogens is 2. The molecule has 0 fully saturated rings. The minimum Gasteiger partial charge on any atom is -0.253 e. The van der Waals surface area contributed by atoms with Crippen LogP contribution in [0.4, 0.5) is 4.39 Å². The fraction of sp³-hybridized carbons (Fsp3) is 0.294. The summed E-state index contributed by atoms with van der Waals surface area (Å²) in [7, 11) is 0. The fourth-order valence-corrected chi connectivity index (χ4v) is 2.96. The van der Waals surface area contributed by atoms with E-state index in [2.05, 4.69) is 27.3 Å².